The molecule has 0 fully saturated rings. The topological polar surface area (TPSA) is 58.5 Å². The minimum absolute atomic E-state index is 0.607. The van der Waals surface area contributed by atoms with Gasteiger partial charge >= 0.3 is 0 Å². The van der Waals surface area contributed by atoms with Gasteiger partial charge in [-0.25, -0.2) is 9.98 Å². The molecule has 0 saturated carbocycles. The number of aliphatic imine (C=N–C) groups is 1. The zero-order chi connectivity index (χ0) is 21.0. The van der Waals surface area contributed by atoms with Crippen LogP contribution in [0.25, 0.3) is 0 Å². The zero-order valence-corrected chi connectivity index (χ0v) is 18.5. The first-order valence-electron chi connectivity index (χ1n) is 10.4. The van der Waals surface area contributed by atoms with Crippen LogP contribution in [0.2, 0.25) is 0 Å². The van der Waals surface area contributed by atoms with Crippen LogP contribution in [-0.4, -0.2) is 17.5 Å². The van der Waals surface area contributed by atoms with Crippen LogP contribution < -0.4 is 10.6 Å². The minimum atomic E-state index is 0.607. The molecular formula is C24H30N4OS. The summed E-state index contributed by atoms with van der Waals surface area (Å²) >= 11 is 1.75. The van der Waals surface area contributed by atoms with Gasteiger partial charge in [0, 0.05) is 17.6 Å². The molecule has 0 aliphatic carbocycles. The first kappa shape index (κ1) is 22.0. The summed E-state index contributed by atoms with van der Waals surface area (Å²) in [4.78, 5) is 10.5. The monoisotopic (exact) mass is 422 g/mol. The van der Waals surface area contributed by atoms with Gasteiger partial charge in [-0.3, -0.25) is 0 Å². The lowest BCUT2D eigenvalue weighted by Crippen LogP contribution is -2.36. The van der Waals surface area contributed by atoms with Crippen molar-refractivity contribution in [2.75, 3.05) is 6.54 Å². The molecule has 2 N–H and O–H groups in total. The maximum absolute atomic E-state index is 5.81. The van der Waals surface area contributed by atoms with Gasteiger partial charge in [-0.1, -0.05) is 61.5 Å². The molecule has 2 aromatic carbocycles. The maximum atomic E-state index is 5.81. The Morgan fingerprint density at radius 2 is 1.63 bits per heavy atom. The highest BCUT2D eigenvalue weighted by Gasteiger charge is 2.03. The summed E-state index contributed by atoms with van der Waals surface area (Å²) in [5.41, 5.74) is 3.52. The standard InChI is InChI=1S/C24H30N4OS/c1-3-22-15-26-23(30-22)16-28-24(25-4-2)27-14-19-10-12-21(13-11-19)18-29-17-20-8-6-5-7-9-20/h5-13,15H,3-4,14,16-18H2,1-2H3,(H2,25,27,28). The quantitative estimate of drug-likeness (QED) is 0.368. The van der Waals surface area contributed by atoms with Crippen molar-refractivity contribution in [3.63, 3.8) is 0 Å². The summed E-state index contributed by atoms with van der Waals surface area (Å²) in [6.45, 7) is 7.59. The zero-order valence-electron chi connectivity index (χ0n) is 17.7. The van der Waals surface area contributed by atoms with Gasteiger partial charge in [-0.2, -0.15) is 0 Å². The number of ether oxygens (including phenoxy) is 1. The first-order valence-corrected chi connectivity index (χ1v) is 11.2. The number of thiazole rings is 1. The molecular weight excluding hydrogens is 392 g/mol. The summed E-state index contributed by atoms with van der Waals surface area (Å²) in [7, 11) is 0. The fourth-order valence-corrected chi connectivity index (χ4v) is 3.67. The maximum Gasteiger partial charge on any atom is 0.191 e. The molecule has 0 saturated heterocycles. The van der Waals surface area contributed by atoms with E-state index in [4.69, 9.17) is 9.73 Å². The molecule has 158 valence electrons. The van der Waals surface area contributed by atoms with Gasteiger partial charge in [0.1, 0.15) is 5.01 Å². The molecule has 1 heterocycles. The van der Waals surface area contributed by atoms with E-state index in [0.29, 0.717) is 26.3 Å². The molecule has 0 radical (unpaired) electrons. The summed E-state index contributed by atoms with van der Waals surface area (Å²) in [6.07, 6.45) is 2.98. The Kier molecular flexibility index (Phi) is 8.87. The predicted molar refractivity (Wildman–Crippen MR) is 125 cm³/mol. The van der Waals surface area contributed by atoms with E-state index >= 15 is 0 Å². The third-order valence-corrected chi connectivity index (χ3v) is 5.67. The van der Waals surface area contributed by atoms with Gasteiger partial charge in [0.2, 0.25) is 0 Å². The van der Waals surface area contributed by atoms with Gasteiger partial charge in [-0.15, -0.1) is 11.3 Å². The number of guanidine groups is 1. The second-order valence-electron chi connectivity index (χ2n) is 6.92. The molecule has 30 heavy (non-hydrogen) atoms. The Bertz CT molecular complexity index is 906. The lowest BCUT2D eigenvalue weighted by molar-refractivity contribution is 0.107. The molecule has 0 unspecified atom stereocenters. The SMILES string of the molecule is CCNC(=NCc1ccc(COCc2ccccc2)cc1)NCc1ncc(CC)s1. The number of rotatable bonds is 10. The number of aryl methyl sites for hydroxylation is 1. The van der Waals surface area contributed by atoms with Crippen LogP contribution in [0.1, 0.15) is 40.4 Å². The van der Waals surface area contributed by atoms with Crippen molar-refractivity contribution in [3.8, 4) is 0 Å². The van der Waals surface area contributed by atoms with Crippen LogP contribution in [0, 0.1) is 0 Å². The van der Waals surface area contributed by atoms with E-state index in [9.17, 15) is 0 Å². The van der Waals surface area contributed by atoms with Crippen molar-refractivity contribution in [1.29, 1.82) is 0 Å². The van der Waals surface area contributed by atoms with E-state index in [1.165, 1.54) is 21.6 Å². The Morgan fingerprint density at radius 1 is 0.933 bits per heavy atom. The van der Waals surface area contributed by atoms with Crippen LogP contribution >= 0.6 is 11.3 Å². The number of nitrogens with zero attached hydrogens (tertiary/aromatic N) is 2. The van der Waals surface area contributed by atoms with Gasteiger partial charge < -0.3 is 15.4 Å². The van der Waals surface area contributed by atoms with E-state index < -0.39 is 0 Å². The molecule has 1 aromatic heterocycles. The highest BCUT2D eigenvalue weighted by molar-refractivity contribution is 7.11. The van der Waals surface area contributed by atoms with E-state index in [-0.39, 0.29) is 0 Å². The number of benzene rings is 2. The number of aromatic nitrogens is 1. The van der Waals surface area contributed by atoms with E-state index in [1.54, 1.807) is 11.3 Å². The predicted octanol–water partition coefficient (Wildman–Crippen LogP) is 4.68. The fourth-order valence-electron chi connectivity index (χ4n) is 2.87. The molecule has 0 atom stereocenters. The molecule has 0 aliphatic heterocycles. The van der Waals surface area contributed by atoms with Crippen molar-refractivity contribution in [1.82, 2.24) is 15.6 Å². The van der Waals surface area contributed by atoms with E-state index in [1.807, 2.05) is 24.4 Å². The van der Waals surface area contributed by atoms with Crippen LogP contribution in [0.4, 0.5) is 0 Å². The Labute approximate surface area is 183 Å². The summed E-state index contributed by atoms with van der Waals surface area (Å²) in [5, 5.41) is 7.74. The normalized spacial score (nSPS) is 11.5. The molecule has 0 amide bonds. The minimum Gasteiger partial charge on any atom is -0.372 e. The van der Waals surface area contributed by atoms with Crippen LogP contribution in [0.5, 0.6) is 0 Å². The van der Waals surface area contributed by atoms with Crippen molar-refractivity contribution in [3.05, 3.63) is 87.4 Å². The van der Waals surface area contributed by atoms with Gasteiger partial charge in [-0.05, 0) is 30.0 Å². The Hall–Kier alpha value is -2.70. The second kappa shape index (κ2) is 12.1. The number of hydrogen-bond donors (Lipinski definition) is 2. The number of hydrogen-bond acceptors (Lipinski definition) is 4. The average Bonchev–Trinajstić information content (AvgIpc) is 3.25. The van der Waals surface area contributed by atoms with E-state index in [2.05, 4.69) is 65.9 Å². The van der Waals surface area contributed by atoms with Gasteiger partial charge in [0.15, 0.2) is 5.96 Å². The molecule has 6 heteroatoms. The van der Waals surface area contributed by atoms with Crippen molar-refractivity contribution in [2.24, 2.45) is 4.99 Å². The van der Waals surface area contributed by atoms with Crippen LogP contribution in [0.3, 0.4) is 0 Å². The Balaban J connectivity index is 1.47. The summed E-state index contributed by atoms with van der Waals surface area (Å²) in [5.74, 6) is 0.806. The lowest BCUT2D eigenvalue weighted by atomic mass is 10.1. The first-order chi connectivity index (χ1) is 14.8. The van der Waals surface area contributed by atoms with Crippen molar-refractivity contribution >= 4 is 17.3 Å². The van der Waals surface area contributed by atoms with Gasteiger partial charge in [0.25, 0.3) is 0 Å². The largest absolute Gasteiger partial charge is 0.372 e. The highest BCUT2D eigenvalue weighted by atomic mass is 32.1. The lowest BCUT2D eigenvalue weighted by Gasteiger charge is -2.10. The number of nitrogens with one attached hydrogen (secondary N) is 2. The third kappa shape index (κ3) is 7.28. The fraction of sp³-hybridized carbons (Fsp3) is 0.333. The van der Waals surface area contributed by atoms with Gasteiger partial charge in [0.05, 0.1) is 26.3 Å². The smallest absolute Gasteiger partial charge is 0.191 e. The molecule has 5 nitrogen and oxygen atoms in total. The van der Waals surface area contributed by atoms with Crippen molar-refractivity contribution in [2.45, 2.75) is 46.6 Å². The summed E-state index contributed by atoms with van der Waals surface area (Å²) in [6, 6.07) is 18.7. The average molecular weight is 423 g/mol. The molecule has 0 aliphatic rings. The van der Waals surface area contributed by atoms with Crippen molar-refractivity contribution < 1.29 is 4.74 Å². The molecule has 3 rings (SSSR count). The third-order valence-electron chi connectivity index (χ3n) is 4.52. The molecule has 3 aromatic rings. The summed E-state index contributed by atoms with van der Waals surface area (Å²) < 4.78 is 5.81. The van der Waals surface area contributed by atoms with Crippen LogP contribution in [0.15, 0.2) is 65.8 Å². The Morgan fingerprint density at radius 3 is 2.30 bits per heavy atom. The van der Waals surface area contributed by atoms with E-state index in [0.717, 1.165) is 23.9 Å². The second-order valence-corrected chi connectivity index (χ2v) is 8.12. The van der Waals surface area contributed by atoms with Crippen LogP contribution in [-0.2, 0) is 37.5 Å². The molecule has 0 bridgehead atoms. The molecule has 0 spiro atoms. The highest BCUT2D eigenvalue weighted by Crippen LogP contribution is 2.13.